The first-order valence-electron chi connectivity index (χ1n) is 9.33. The highest BCUT2D eigenvalue weighted by atomic mass is 35.5. The van der Waals surface area contributed by atoms with Crippen LogP contribution >= 0.6 is 23.2 Å². The summed E-state index contributed by atoms with van der Waals surface area (Å²) in [7, 11) is 0. The van der Waals surface area contributed by atoms with E-state index in [4.69, 9.17) is 27.9 Å². The first kappa shape index (κ1) is 21.7. The molecule has 154 valence electrons. The summed E-state index contributed by atoms with van der Waals surface area (Å²) < 4.78 is 5.42. The summed E-state index contributed by atoms with van der Waals surface area (Å²) in [6, 6.07) is 18.9. The largest absolute Gasteiger partial charge is 0.494 e. The first-order chi connectivity index (χ1) is 14.5. The molecule has 0 unspecified atom stereocenters. The number of hydrogen-bond donors (Lipinski definition) is 2. The monoisotopic (exact) mass is 442 g/mol. The summed E-state index contributed by atoms with van der Waals surface area (Å²) in [6.07, 6.45) is 0. The highest BCUT2D eigenvalue weighted by molar-refractivity contribution is 6.42. The van der Waals surface area contributed by atoms with E-state index in [-0.39, 0.29) is 16.8 Å². The van der Waals surface area contributed by atoms with Crippen molar-refractivity contribution in [2.75, 3.05) is 11.9 Å². The average Bonchev–Trinajstić information content (AvgIpc) is 2.75. The summed E-state index contributed by atoms with van der Waals surface area (Å²) in [5, 5.41) is 6.27. The number of carbonyl (C=O) groups excluding carboxylic acids is 2. The summed E-state index contributed by atoms with van der Waals surface area (Å²) in [5.41, 5.74) is 2.03. The predicted molar refractivity (Wildman–Crippen MR) is 120 cm³/mol. The molecule has 5 nitrogen and oxygen atoms in total. The van der Waals surface area contributed by atoms with E-state index in [2.05, 4.69) is 10.6 Å². The molecule has 0 aliphatic heterocycles. The van der Waals surface area contributed by atoms with Gasteiger partial charge in [0.1, 0.15) is 5.75 Å². The van der Waals surface area contributed by atoms with Crippen LogP contribution in [-0.2, 0) is 6.54 Å². The number of amides is 2. The minimum Gasteiger partial charge on any atom is -0.494 e. The van der Waals surface area contributed by atoms with E-state index >= 15 is 0 Å². The van der Waals surface area contributed by atoms with Gasteiger partial charge in [0.25, 0.3) is 11.8 Å². The minimum absolute atomic E-state index is 0.283. The number of carbonyl (C=O) groups is 2. The van der Waals surface area contributed by atoms with Crippen molar-refractivity contribution in [3.63, 3.8) is 0 Å². The SMILES string of the molecule is CCOc1ccc(CNC(=O)c2ccccc2NC(=O)c2ccc(Cl)c(Cl)c2)cc1. The van der Waals surface area contributed by atoms with Gasteiger partial charge in [-0.2, -0.15) is 0 Å². The molecule has 7 heteroatoms. The van der Waals surface area contributed by atoms with Gasteiger partial charge in [0.15, 0.2) is 0 Å². The van der Waals surface area contributed by atoms with Crippen LogP contribution in [0.5, 0.6) is 5.75 Å². The Morgan fingerprint density at radius 3 is 2.33 bits per heavy atom. The quantitative estimate of drug-likeness (QED) is 0.502. The van der Waals surface area contributed by atoms with Gasteiger partial charge >= 0.3 is 0 Å². The lowest BCUT2D eigenvalue weighted by Gasteiger charge is -2.12. The molecule has 2 amide bonds. The lowest BCUT2D eigenvalue weighted by molar-refractivity contribution is 0.0952. The second-order valence-electron chi connectivity index (χ2n) is 6.39. The van der Waals surface area contributed by atoms with E-state index in [0.29, 0.717) is 35.0 Å². The van der Waals surface area contributed by atoms with Crippen molar-refractivity contribution in [3.05, 3.63) is 93.5 Å². The molecule has 0 radical (unpaired) electrons. The molecule has 3 aromatic carbocycles. The van der Waals surface area contributed by atoms with E-state index < -0.39 is 0 Å². The van der Waals surface area contributed by atoms with Gasteiger partial charge in [-0.15, -0.1) is 0 Å². The second-order valence-corrected chi connectivity index (χ2v) is 7.20. The maximum atomic E-state index is 12.7. The third-order valence-corrected chi connectivity index (χ3v) is 5.03. The molecule has 0 heterocycles. The molecule has 3 rings (SSSR count). The molecule has 0 saturated heterocycles. The van der Waals surface area contributed by atoms with Crippen molar-refractivity contribution in [2.45, 2.75) is 13.5 Å². The van der Waals surface area contributed by atoms with E-state index in [9.17, 15) is 9.59 Å². The van der Waals surface area contributed by atoms with Crippen LogP contribution < -0.4 is 15.4 Å². The fourth-order valence-electron chi connectivity index (χ4n) is 2.77. The summed E-state index contributed by atoms with van der Waals surface area (Å²) in [5.74, 6) is 0.0946. The van der Waals surface area contributed by atoms with Crippen molar-refractivity contribution < 1.29 is 14.3 Å². The number of ether oxygens (including phenoxy) is 1. The second kappa shape index (κ2) is 10.1. The van der Waals surface area contributed by atoms with E-state index in [1.807, 2.05) is 31.2 Å². The van der Waals surface area contributed by atoms with Crippen LogP contribution in [0.2, 0.25) is 10.0 Å². The Hall–Kier alpha value is -3.02. The van der Waals surface area contributed by atoms with Gasteiger partial charge in [-0.25, -0.2) is 0 Å². The van der Waals surface area contributed by atoms with Crippen LogP contribution in [-0.4, -0.2) is 18.4 Å². The Bertz CT molecular complexity index is 1050. The Balaban J connectivity index is 1.68. The van der Waals surface area contributed by atoms with Crippen LogP contribution in [0.1, 0.15) is 33.2 Å². The topological polar surface area (TPSA) is 67.4 Å². The average molecular weight is 443 g/mol. The molecule has 0 aliphatic carbocycles. The Morgan fingerprint density at radius 1 is 0.900 bits per heavy atom. The highest BCUT2D eigenvalue weighted by Crippen LogP contribution is 2.24. The van der Waals surface area contributed by atoms with Gasteiger partial charge in [-0.3, -0.25) is 9.59 Å². The molecule has 0 atom stereocenters. The van der Waals surface area contributed by atoms with E-state index in [1.54, 1.807) is 36.4 Å². The number of halogens is 2. The molecule has 30 heavy (non-hydrogen) atoms. The van der Waals surface area contributed by atoms with Crippen molar-refractivity contribution in [1.82, 2.24) is 5.32 Å². The number of hydrogen-bond acceptors (Lipinski definition) is 3. The van der Waals surface area contributed by atoms with Crippen LogP contribution in [0.25, 0.3) is 0 Å². The summed E-state index contributed by atoms with van der Waals surface area (Å²) in [4.78, 5) is 25.3. The third kappa shape index (κ3) is 5.53. The van der Waals surface area contributed by atoms with Crippen molar-refractivity contribution in [1.29, 1.82) is 0 Å². The Labute approximate surface area is 185 Å². The molecule has 0 saturated carbocycles. The molecule has 0 fully saturated rings. The van der Waals surface area contributed by atoms with Crippen molar-refractivity contribution in [3.8, 4) is 5.75 Å². The molecule has 0 bridgehead atoms. The van der Waals surface area contributed by atoms with Crippen LogP contribution in [0.4, 0.5) is 5.69 Å². The third-order valence-electron chi connectivity index (χ3n) is 4.29. The van der Waals surface area contributed by atoms with E-state index in [0.717, 1.165) is 11.3 Å². The Kier molecular flexibility index (Phi) is 7.33. The van der Waals surface area contributed by atoms with Crippen LogP contribution in [0, 0.1) is 0 Å². The van der Waals surface area contributed by atoms with Crippen molar-refractivity contribution in [2.24, 2.45) is 0 Å². The fourth-order valence-corrected chi connectivity index (χ4v) is 3.07. The summed E-state index contributed by atoms with van der Waals surface area (Å²) >= 11 is 11.9. The summed E-state index contributed by atoms with van der Waals surface area (Å²) in [6.45, 7) is 2.87. The van der Waals surface area contributed by atoms with E-state index in [1.165, 1.54) is 6.07 Å². The molecule has 3 aromatic rings. The van der Waals surface area contributed by atoms with Crippen molar-refractivity contribution >= 4 is 40.7 Å². The van der Waals surface area contributed by atoms with Gasteiger partial charge in [-0.05, 0) is 55.0 Å². The molecular weight excluding hydrogens is 423 g/mol. The zero-order valence-electron chi connectivity index (χ0n) is 16.2. The predicted octanol–water partition coefficient (Wildman–Crippen LogP) is 5.57. The smallest absolute Gasteiger partial charge is 0.255 e. The molecule has 0 spiro atoms. The maximum Gasteiger partial charge on any atom is 0.255 e. The number of rotatable bonds is 7. The Morgan fingerprint density at radius 2 is 1.63 bits per heavy atom. The lowest BCUT2D eigenvalue weighted by atomic mass is 10.1. The van der Waals surface area contributed by atoms with Gasteiger partial charge < -0.3 is 15.4 Å². The number of anilines is 1. The zero-order valence-corrected chi connectivity index (χ0v) is 17.8. The standard InChI is InChI=1S/C23H20Cl2N2O3/c1-2-30-17-10-7-15(8-11-17)14-26-23(29)18-5-3-4-6-21(18)27-22(28)16-9-12-19(24)20(25)13-16/h3-13H,2,14H2,1H3,(H,26,29)(H,27,28). The fraction of sp³-hybridized carbons (Fsp3) is 0.130. The van der Waals surface area contributed by atoms with Gasteiger partial charge in [0.05, 0.1) is 27.9 Å². The minimum atomic E-state index is -0.389. The van der Waals surface area contributed by atoms with Gasteiger partial charge in [0, 0.05) is 12.1 Å². The molecule has 0 aliphatic rings. The number of nitrogens with one attached hydrogen (secondary N) is 2. The van der Waals surface area contributed by atoms with Gasteiger partial charge in [0.2, 0.25) is 0 Å². The number of benzene rings is 3. The van der Waals surface area contributed by atoms with Gasteiger partial charge in [-0.1, -0.05) is 47.5 Å². The molecule has 2 N–H and O–H groups in total. The lowest BCUT2D eigenvalue weighted by Crippen LogP contribution is -2.24. The normalized spacial score (nSPS) is 10.4. The first-order valence-corrected chi connectivity index (χ1v) is 10.1. The van der Waals surface area contributed by atoms with Crippen LogP contribution in [0.3, 0.4) is 0 Å². The highest BCUT2D eigenvalue weighted by Gasteiger charge is 2.15. The maximum absolute atomic E-state index is 12.7. The number of para-hydroxylation sites is 1. The van der Waals surface area contributed by atoms with Crippen LogP contribution in [0.15, 0.2) is 66.7 Å². The molecule has 0 aromatic heterocycles. The molecular formula is C23H20Cl2N2O3. The zero-order chi connectivity index (χ0) is 21.5.